The molecule has 1 unspecified atom stereocenters. The molecule has 3 aromatic carbocycles. The van der Waals surface area contributed by atoms with Crippen LogP contribution in [0.3, 0.4) is 0 Å². The summed E-state index contributed by atoms with van der Waals surface area (Å²) in [5.74, 6) is -0.473. The highest BCUT2D eigenvalue weighted by Crippen LogP contribution is 2.34. The van der Waals surface area contributed by atoms with E-state index in [1.54, 1.807) is 12.1 Å². The summed E-state index contributed by atoms with van der Waals surface area (Å²) >= 11 is 0. The number of rotatable bonds is 4. The first-order chi connectivity index (χ1) is 12.7. The number of fused-ring (bicyclic) bond motifs is 1. The van der Waals surface area contributed by atoms with E-state index in [4.69, 9.17) is 0 Å². The van der Waals surface area contributed by atoms with Crippen LogP contribution in [0.15, 0.2) is 77.7 Å². The van der Waals surface area contributed by atoms with Gasteiger partial charge in [-0.05, 0) is 54.8 Å². The first kappa shape index (κ1) is 16.8. The van der Waals surface area contributed by atoms with E-state index in [1.807, 2.05) is 30.3 Å². The molecule has 5 heteroatoms. The zero-order valence-corrected chi connectivity index (χ0v) is 15.0. The number of hydrogen-bond donors (Lipinski definition) is 1. The molecule has 4 rings (SSSR count). The average molecular weight is 366 g/mol. The Morgan fingerprint density at radius 1 is 0.962 bits per heavy atom. The predicted molar refractivity (Wildman–Crippen MR) is 105 cm³/mol. The summed E-state index contributed by atoms with van der Waals surface area (Å²) < 4.78 is 29.2. The first-order valence-electron chi connectivity index (χ1n) is 8.61. The fraction of sp³-hybridized carbons (Fsp3) is 0.143. The minimum Gasteiger partial charge on any atom is -0.341 e. The summed E-state index contributed by atoms with van der Waals surface area (Å²) in [7, 11) is -1.65. The van der Waals surface area contributed by atoms with Gasteiger partial charge in [0.25, 0.3) is 0 Å². The van der Waals surface area contributed by atoms with Crippen LogP contribution in [0.2, 0.25) is 0 Å². The van der Waals surface area contributed by atoms with Gasteiger partial charge < -0.3 is 9.62 Å². The number of aryl methyl sites for hydroxylation is 1. The van der Waals surface area contributed by atoms with Crippen molar-refractivity contribution in [3.8, 4) is 0 Å². The van der Waals surface area contributed by atoms with E-state index in [2.05, 4.69) is 27.8 Å². The number of benzene rings is 3. The Hall–Kier alpha value is -2.66. The number of nitrogens with one attached hydrogen (secondary N) is 1. The van der Waals surface area contributed by atoms with E-state index in [1.165, 1.54) is 23.4 Å². The van der Waals surface area contributed by atoms with Gasteiger partial charge in [-0.1, -0.05) is 36.4 Å². The van der Waals surface area contributed by atoms with Crippen molar-refractivity contribution in [3.63, 3.8) is 0 Å². The SMILES string of the molecule is O=S(Nc1cccc(N2CCCc3ccccc32)c1)c1ccccc1F. The molecule has 1 atom stereocenters. The third kappa shape index (κ3) is 3.35. The van der Waals surface area contributed by atoms with E-state index in [-0.39, 0.29) is 4.90 Å². The van der Waals surface area contributed by atoms with Gasteiger partial charge in [0.05, 0.1) is 4.90 Å². The average Bonchev–Trinajstić information content (AvgIpc) is 2.68. The van der Waals surface area contributed by atoms with Crippen molar-refractivity contribution in [1.29, 1.82) is 0 Å². The number of nitrogens with zero attached hydrogens (tertiary/aromatic N) is 1. The lowest BCUT2D eigenvalue weighted by molar-refractivity contribution is 0.596. The summed E-state index contributed by atoms with van der Waals surface area (Å²) in [6, 6.07) is 22.3. The van der Waals surface area contributed by atoms with Crippen LogP contribution in [0.25, 0.3) is 0 Å². The lowest BCUT2D eigenvalue weighted by atomic mass is 10.0. The molecule has 0 amide bonds. The van der Waals surface area contributed by atoms with Crippen LogP contribution < -0.4 is 9.62 Å². The standard InChI is InChI=1S/C21H19FN2OS/c22-19-11-2-4-13-21(19)26(25)23-17-9-5-10-18(15-17)24-14-6-8-16-7-1-3-12-20(16)24/h1-5,7,9-13,15,23H,6,8,14H2. The van der Waals surface area contributed by atoms with Gasteiger partial charge in [-0.25, -0.2) is 8.60 Å². The Labute approximate surface area is 155 Å². The van der Waals surface area contributed by atoms with E-state index in [0.717, 1.165) is 25.1 Å². The maximum absolute atomic E-state index is 13.8. The van der Waals surface area contributed by atoms with Crippen LogP contribution in [0.5, 0.6) is 0 Å². The molecule has 0 bridgehead atoms. The highest BCUT2D eigenvalue weighted by Gasteiger charge is 2.18. The van der Waals surface area contributed by atoms with E-state index >= 15 is 0 Å². The van der Waals surface area contributed by atoms with Gasteiger partial charge in [0.2, 0.25) is 0 Å². The lowest BCUT2D eigenvalue weighted by Crippen LogP contribution is -2.24. The van der Waals surface area contributed by atoms with Gasteiger partial charge in [-0.15, -0.1) is 0 Å². The topological polar surface area (TPSA) is 32.3 Å². The fourth-order valence-corrected chi connectivity index (χ4v) is 4.19. The van der Waals surface area contributed by atoms with Gasteiger partial charge in [0.15, 0.2) is 11.0 Å². The highest BCUT2D eigenvalue weighted by atomic mass is 32.2. The second-order valence-corrected chi connectivity index (χ2v) is 7.42. The van der Waals surface area contributed by atoms with Crippen molar-refractivity contribution in [2.45, 2.75) is 17.7 Å². The molecule has 3 nitrogen and oxygen atoms in total. The normalized spacial score (nSPS) is 14.6. The van der Waals surface area contributed by atoms with Crippen molar-refractivity contribution < 1.29 is 8.60 Å². The van der Waals surface area contributed by atoms with E-state index in [9.17, 15) is 8.60 Å². The molecular weight excluding hydrogens is 347 g/mol. The molecule has 1 aliphatic rings. The third-order valence-electron chi connectivity index (χ3n) is 4.52. The molecule has 0 fully saturated rings. The molecular formula is C21H19FN2OS. The molecule has 0 saturated heterocycles. The molecule has 1 N–H and O–H groups in total. The largest absolute Gasteiger partial charge is 0.341 e. The van der Waals surface area contributed by atoms with Crippen LogP contribution in [0.1, 0.15) is 12.0 Å². The Balaban J connectivity index is 1.60. The number of halogens is 1. The van der Waals surface area contributed by atoms with Crippen molar-refractivity contribution in [2.24, 2.45) is 0 Å². The summed E-state index contributed by atoms with van der Waals surface area (Å²) in [5.41, 5.74) is 4.29. The van der Waals surface area contributed by atoms with E-state index in [0.29, 0.717) is 5.69 Å². The van der Waals surface area contributed by atoms with Crippen molar-refractivity contribution in [1.82, 2.24) is 0 Å². The minimum atomic E-state index is -1.65. The quantitative estimate of drug-likeness (QED) is 0.701. The zero-order valence-electron chi connectivity index (χ0n) is 14.2. The molecule has 1 aliphatic heterocycles. The smallest absolute Gasteiger partial charge is 0.153 e. The minimum absolute atomic E-state index is 0.154. The zero-order chi connectivity index (χ0) is 17.9. The molecule has 26 heavy (non-hydrogen) atoms. The molecule has 0 saturated carbocycles. The summed E-state index contributed by atoms with van der Waals surface area (Å²) in [4.78, 5) is 2.43. The van der Waals surface area contributed by atoms with Gasteiger partial charge in [0.1, 0.15) is 5.82 Å². The number of para-hydroxylation sites is 1. The Kier molecular flexibility index (Phi) is 4.71. The Bertz CT molecular complexity index is 960. The highest BCUT2D eigenvalue weighted by molar-refractivity contribution is 7.86. The molecule has 0 aliphatic carbocycles. The van der Waals surface area contributed by atoms with Gasteiger partial charge in [0, 0.05) is 23.6 Å². The fourth-order valence-electron chi connectivity index (χ4n) is 3.30. The molecule has 3 aromatic rings. The van der Waals surface area contributed by atoms with Gasteiger partial charge in [-0.2, -0.15) is 0 Å². The first-order valence-corrected chi connectivity index (χ1v) is 9.76. The summed E-state index contributed by atoms with van der Waals surface area (Å²) in [6.45, 7) is 0.941. The summed E-state index contributed by atoms with van der Waals surface area (Å²) in [6.07, 6.45) is 2.18. The van der Waals surface area contributed by atoms with Crippen molar-refractivity contribution >= 4 is 28.0 Å². The van der Waals surface area contributed by atoms with Gasteiger partial charge >= 0.3 is 0 Å². The van der Waals surface area contributed by atoms with Gasteiger partial charge in [-0.3, -0.25) is 0 Å². The molecule has 132 valence electrons. The third-order valence-corrected chi connectivity index (χ3v) is 5.67. The van der Waals surface area contributed by atoms with Crippen LogP contribution in [-0.2, 0) is 17.4 Å². The molecule has 1 heterocycles. The molecule has 0 aromatic heterocycles. The second kappa shape index (κ2) is 7.30. The molecule has 0 spiro atoms. The number of anilines is 3. The maximum Gasteiger partial charge on any atom is 0.153 e. The van der Waals surface area contributed by atoms with Crippen molar-refractivity contribution in [2.75, 3.05) is 16.2 Å². The Morgan fingerprint density at radius 3 is 2.65 bits per heavy atom. The van der Waals surface area contributed by atoms with Crippen LogP contribution in [0.4, 0.5) is 21.5 Å². The lowest BCUT2D eigenvalue weighted by Gasteiger charge is -2.31. The van der Waals surface area contributed by atoms with Crippen LogP contribution >= 0.6 is 0 Å². The second-order valence-electron chi connectivity index (χ2n) is 6.24. The summed E-state index contributed by atoms with van der Waals surface area (Å²) in [5, 5.41) is 0. The van der Waals surface area contributed by atoms with Crippen LogP contribution in [0, 0.1) is 5.82 Å². The van der Waals surface area contributed by atoms with Crippen LogP contribution in [-0.4, -0.2) is 10.8 Å². The monoisotopic (exact) mass is 366 g/mol. The number of hydrogen-bond acceptors (Lipinski definition) is 2. The maximum atomic E-state index is 13.8. The van der Waals surface area contributed by atoms with Crippen molar-refractivity contribution in [3.05, 3.63) is 84.2 Å². The predicted octanol–water partition coefficient (Wildman–Crippen LogP) is 5.04. The molecule has 0 radical (unpaired) electrons. The Morgan fingerprint density at radius 2 is 1.77 bits per heavy atom. The van der Waals surface area contributed by atoms with E-state index < -0.39 is 16.8 Å².